The van der Waals surface area contributed by atoms with Crippen LogP contribution < -0.4 is 4.74 Å². The van der Waals surface area contributed by atoms with Gasteiger partial charge in [-0.1, -0.05) is 71.9 Å². The molecular weight excluding hydrogens is 482 g/mol. The van der Waals surface area contributed by atoms with E-state index in [-0.39, 0.29) is 22.8 Å². The molecule has 0 spiro atoms. The van der Waals surface area contributed by atoms with Gasteiger partial charge in [0, 0.05) is 34.5 Å². The summed E-state index contributed by atoms with van der Waals surface area (Å²) in [6.07, 6.45) is 0.210. The normalized spacial score (nSPS) is 12.8. The second-order valence-corrected chi connectivity index (χ2v) is 12.2. The van der Waals surface area contributed by atoms with Crippen LogP contribution in [0.1, 0.15) is 54.0 Å². The zero-order valence-corrected chi connectivity index (χ0v) is 23.2. The van der Waals surface area contributed by atoms with Crippen molar-refractivity contribution in [3.8, 4) is 23.2 Å². The Labute approximate surface area is 230 Å². The maximum Gasteiger partial charge on any atom is 0.220 e. The highest BCUT2D eigenvalue weighted by atomic mass is 16.5. The van der Waals surface area contributed by atoms with Crippen LogP contribution in [-0.4, -0.2) is 19.6 Å². The standard InChI is InChI=1S/C34H33N3O2/c1-33(2,3)21-13-15-23-24-16-14-22(19-28(24)37(27(23)18-21)30-12-7-8-17-35-30)39-31-20-26(34(4,5)6)25-10-9-11-29(38)32(25)36-31/h7-20,38H,1-6H3/i17D. The Hall–Kier alpha value is -4.38. The van der Waals surface area contributed by atoms with Crippen LogP contribution in [0.25, 0.3) is 38.5 Å². The number of aromatic hydroxyl groups is 1. The van der Waals surface area contributed by atoms with Crippen LogP contribution in [-0.2, 0) is 10.8 Å². The summed E-state index contributed by atoms with van der Waals surface area (Å²) in [5.41, 5.74) is 4.54. The summed E-state index contributed by atoms with van der Waals surface area (Å²) < 4.78 is 16.6. The molecule has 6 rings (SSSR count). The van der Waals surface area contributed by atoms with Gasteiger partial charge < -0.3 is 9.84 Å². The SMILES string of the molecule is [2H]c1cccc(-n2c3cc(Oc4cc(C(C)(C)C)c5cccc(O)c5n4)ccc3c3ccc(C(C)(C)C)cc32)n1. The third-order valence-electron chi connectivity index (χ3n) is 7.25. The lowest BCUT2D eigenvalue weighted by molar-refractivity contribution is 0.457. The third-order valence-corrected chi connectivity index (χ3v) is 7.25. The van der Waals surface area contributed by atoms with E-state index in [4.69, 9.17) is 6.11 Å². The predicted molar refractivity (Wildman–Crippen MR) is 159 cm³/mol. The molecule has 0 saturated heterocycles. The van der Waals surface area contributed by atoms with E-state index in [1.165, 1.54) is 5.56 Å². The van der Waals surface area contributed by atoms with Crippen molar-refractivity contribution in [3.05, 3.63) is 96.2 Å². The highest BCUT2D eigenvalue weighted by Crippen LogP contribution is 2.39. The number of hydrogen-bond donors (Lipinski definition) is 1. The van der Waals surface area contributed by atoms with Gasteiger partial charge in [0.25, 0.3) is 0 Å². The van der Waals surface area contributed by atoms with Crippen molar-refractivity contribution in [1.29, 1.82) is 0 Å². The molecule has 0 aliphatic heterocycles. The summed E-state index contributed by atoms with van der Waals surface area (Å²) in [5.74, 6) is 1.85. The quantitative estimate of drug-likeness (QED) is 0.255. The number of rotatable bonds is 3. The van der Waals surface area contributed by atoms with Gasteiger partial charge in [0.2, 0.25) is 5.88 Å². The van der Waals surface area contributed by atoms with Gasteiger partial charge in [0.15, 0.2) is 0 Å². The van der Waals surface area contributed by atoms with Gasteiger partial charge in [-0.15, -0.1) is 0 Å². The van der Waals surface area contributed by atoms with Gasteiger partial charge >= 0.3 is 0 Å². The molecule has 196 valence electrons. The van der Waals surface area contributed by atoms with E-state index in [1.54, 1.807) is 12.1 Å². The molecule has 0 atom stereocenters. The molecule has 0 fully saturated rings. The molecule has 3 aromatic carbocycles. The average molecular weight is 517 g/mol. The fourth-order valence-corrected chi connectivity index (χ4v) is 5.22. The Morgan fingerprint density at radius 3 is 2.23 bits per heavy atom. The minimum absolute atomic E-state index is 0.0213. The highest BCUT2D eigenvalue weighted by molar-refractivity contribution is 6.09. The van der Waals surface area contributed by atoms with Crippen LogP contribution in [0, 0.1) is 0 Å². The lowest BCUT2D eigenvalue weighted by Gasteiger charge is -2.22. The molecule has 0 aliphatic rings. The first-order valence-electron chi connectivity index (χ1n) is 13.7. The van der Waals surface area contributed by atoms with Crippen LogP contribution in [0.5, 0.6) is 17.4 Å². The first-order valence-corrected chi connectivity index (χ1v) is 13.2. The summed E-state index contributed by atoms with van der Waals surface area (Å²) in [4.78, 5) is 9.23. The maximum atomic E-state index is 10.6. The Balaban J connectivity index is 1.56. The predicted octanol–water partition coefficient (Wildman–Crippen LogP) is 8.82. The Bertz CT molecular complexity index is 1930. The summed E-state index contributed by atoms with van der Waals surface area (Å²) >= 11 is 0. The zero-order chi connectivity index (χ0) is 28.4. The number of phenolic OH excluding ortho intramolecular Hbond substituents is 1. The van der Waals surface area contributed by atoms with E-state index >= 15 is 0 Å². The van der Waals surface area contributed by atoms with E-state index in [1.807, 2.05) is 42.5 Å². The summed E-state index contributed by atoms with van der Waals surface area (Å²) in [5, 5.41) is 13.7. The van der Waals surface area contributed by atoms with Crippen molar-refractivity contribution < 1.29 is 11.2 Å². The smallest absolute Gasteiger partial charge is 0.220 e. The molecule has 0 bridgehead atoms. The molecule has 0 aliphatic carbocycles. The van der Waals surface area contributed by atoms with Gasteiger partial charge in [-0.2, -0.15) is 0 Å². The van der Waals surface area contributed by atoms with Crippen molar-refractivity contribution >= 4 is 32.7 Å². The second kappa shape index (κ2) is 8.84. The van der Waals surface area contributed by atoms with Crippen LogP contribution in [0.2, 0.25) is 0 Å². The zero-order valence-electron chi connectivity index (χ0n) is 24.2. The van der Waals surface area contributed by atoms with Gasteiger partial charge in [-0.3, -0.25) is 4.57 Å². The van der Waals surface area contributed by atoms with Crippen LogP contribution in [0.3, 0.4) is 0 Å². The molecule has 3 heterocycles. The topological polar surface area (TPSA) is 60.2 Å². The highest BCUT2D eigenvalue weighted by Gasteiger charge is 2.22. The van der Waals surface area contributed by atoms with Crippen molar-refractivity contribution in [2.75, 3.05) is 0 Å². The molecule has 5 heteroatoms. The second-order valence-electron chi connectivity index (χ2n) is 12.2. The first kappa shape index (κ1) is 23.7. The van der Waals surface area contributed by atoms with Crippen molar-refractivity contribution in [2.45, 2.75) is 52.4 Å². The van der Waals surface area contributed by atoms with Crippen molar-refractivity contribution in [2.24, 2.45) is 0 Å². The number of nitrogens with zero attached hydrogens (tertiary/aromatic N) is 3. The van der Waals surface area contributed by atoms with E-state index in [0.29, 0.717) is 23.0 Å². The molecule has 3 aromatic heterocycles. The Morgan fingerprint density at radius 1 is 0.769 bits per heavy atom. The van der Waals surface area contributed by atoms with E-state index in [0.717, 1.165) is 32.8 Å². The number of pyridine rings is 2. The summed E-state index contributed by atoms with van der Waals surface area (Å²) in [6, 6.07) is 25.5. The monoisotopic (exact) mass is 516 g/mol. The molecule has 5 nitrogen and oxygen atoms in total. The minimum Gasteiger partial charge on any atom is -0.506 e. The number of phenols is 1. The van der Waals surface area contributed by atoms with Gasteiger partial charge in [0.05, 0.1) is 12.4 Å². The number of fused-ring (bicyclic) bond motifs is 4. The van der Waals surface area contributed by atoms with Gasteiger partial charge in [-0.25, -0.2) is 9.97 Å². The lowest BCUT2D eigenvalue weighted by Crippen LogP contribution is -2.12. The molecular formula is C34H33N3O2. The number of aromatic nitrogens is 3. The minimum atomic E-state index is -0.179. The average Bonchev–Trinajstić information content (AvgIpc) is 3.20. The molecule has 6 aromatic rings. The van der Waals surface area contributed by atoms with Crippen LogP contribution in [0.4, 0.5) is 0 Å². The first-order chi connectivity index (χ1) is 18.9. The third kappa shape index (κ3) is 4.38. The van der Waals surface area contributed by atoms with Crippen molar-refractivity contribution in [3.63, 3.8) is 0 Å². The van der Waals surface area contributed by atoms with Gasteiger partial charge in [0.1, 0.15) is 22.8 Å². The number of para-hydroxylation sites is 1. The molecule has 0 radical (unpaired) electrons. The Morgan fingerprint density at radius 2 is 1.51 bits per heavy atom. The fourth-order valence-electron chi connectivity index (χ4n) is 5.22. The molecule has 0 amide bonds. The molecule has 39 heavy (non-hydrogen) atoms. The van der Waals surface area contributed by atoms with E-state index < -0.39 is 0 Å². The van der Waals surface area contributed by atoms with E-state index in [2.05, 4.69) is 80.3 Å². The number of ether oxygens (including phenoxy) is 1. The maximum absolute atomic E-state index is 10.6. The molecule has 0 unspecified atom stereocenters. The molecule has 1 N–H and O–H groups in total. The van der Waals surface area contributed by atoms with E-state index in [9.17, 15) is 5.11 Å². The van der Waals surface area contributed by atoms with Crippen molar-refractivity contribution in [1.82, 2.24) is 14.5 Å². The van der Waals surface area contributed by atoms with Crippen LogP contribution >= 0.6 is 0 Å². The van der Waals surface area contributed by atoms with Crippen LogP contribution in [0.15, 0.2) is 85.0 Å². The largest absolute Gasteiger partial charge is 0.506 e. The summed E-state index contributed by atoms with van der Waals surface area (Å²) in [6.45, 7) is 13.0. The number of benzene rings is 3. The van der Waals surface area contributed by atoms with Gasteiger partial charge in [-0.05, 0) is 58.4 Å². The fraction of sp³-hybridized carbons (Fsp3) is 0.235. The Kier molecular flexibility index (Phi) is 5.37. The molecule has 0 saturated carbocycles. The number of hydrogen-bond acceptors (Lipinski definition) is 4. The summed E-state index contributed by atoms with van der Waals surface area (Å²) in [7, 11) is 0. The lowest BCUT2D eigenvalue weighted by atomic mass is 9.85.